The van der Waals surface area contributed by atoms with Crippen molar-refractivity contribution in [3.8, 4) is 5.75 Å². The fraction of sp³-hybridized carbons (Fsp3) is 0.296. The van der Waals surface area contributed by atoms with Crippen molar-refractivity contribution in [2.75, 3.05) is 35.7 Å². The van der Waals surface area contributed by atoms with E-state index in [9.17, 15) is 4.79 Å². The second kappa shape index (κ2) is 11.8. The van der Waals surface area contributed by atoms with Crippen LogP contribution in [0.3, 0.4) is 0 Å². The Kier molecular flexibility index (Phi) is 8.93. The van der Waals surface area contributed by atoms with Crippen LogP contribution < -0.4 is 19.6 Å². The number of anilines is 2. The van der Waals surface area contributed by atoms with E-state index in [1.54, 1.807) is 22.9 Å². The van der Waals surface area contributed by atoms with E-state index in [1.165, 1.54) is 0 Å². The number of rotatable bonds is 8. The first-order chi connectivity index (χ1) is 17.8. The van der Waals surface area contributed by atoms with E-state index in [1.807, 2.05) is 30.3 Å². The first-order valence-electron chi connectivity index (χ1n) is 12.3. The predicted molar refractivity (Wildman–Crippen MR) is 161 cm³/mol. The summed E-state index contributed by atoms with van der Waals surface area (Å²) in [6, 6.07) is 19.1. The molecule has 0 saturated carbocycles. The number of carbonyl (C=O) groups is 1. The SMILES string of the molecule is CCN(CC)c1ccc2c(c1)OC(=O)N(c1ccc(Cl)c(Cl)c1)[P@]2(=Nc1ccccc1Br)N(CC)CC. The van der Waals surface area contributed by atoms with Crippen LogP contribution in [0.5, 0.6) is 5.75 Å². The monoisotopic (exact) mass is 622 g/mol. The molecule has 0 spiro atoms. The van der Waals surface area contributed by atoms with Crippen LogP contribution >= 0.6 is 46.5 Å². The highest BCUT2D eigenvalue weighted by molar-refractivity contribution is 9.10. The summed E-state index contributed by atoms with van der Waals surface area (Å²) in [5.41, 5.74) is 2.33. The van der Waals surface area contributed by atoms with Crippen molar-refractivity contribution in [1.82, 2.24) is 4.67 Å². The average Bonchev–Trinajstić information content (AvgIpc) is 2.88. The van der Waals surface area contributed by atoms with Crippen LogP contribution in [-0.4, -0.2) is 36.9 Å². The Balaban J connectivity index is 2.12. The highest BCUT2D eigenvalue weighted by Crippen LogP contribution is 2.63. The summed E-state index contributed by atoms with van der Waals surface area (Å²) in [6.45, 7) is 11.4. The molecular weight excluding hydrogens is 594 g/mol. The van der Waals surface area contributed by atoms with Gasteiger partial charge < -0.3 is 9.64 Å². The first-order valence-corrected chi connectivity index (χ1v) is 15.5. The van der Waals surface area contributed by atoms with Gasteiger partial charge in [-0.15, -0.1) is 0 Å². The number of hydrogen-bond donors (Lipinski definition) is 0. The molecular formula is C27H30BrCl2N4O2P. The molecule has 1 atom stereocenters. The summed E-state index contributed by atoms with van der Waals surface area (Å²) >= 11 is 16.4. The Bertz CT molecular complexity index is 1360. The van der Waals surface area contributed by atoms with Crippen molar-refractivity contribution in [3.63, 3.8) is 0 Å². The lowest BCUT2D eigenvalue weighted by molar-refractivity contribution is 0.210. The van der Waals surface area contributed by atoms with Gasteiger partial charge in [-0.3, -0.25) is 0 Å². The molecule has 3 aromatic rings. The van der Waals surface area contributed by atoms with E-state index >= 15 is 0 Å². The molecule has 0 aliphatic carbocycles. The van der Waals surface area contributed by atoms with Crippen LogP contribution in [0.2, 0.25) is 10.0 Å². The molecule has 3 aromatic carbocycles. The van der Waals surface area contributed by atoms with E-state index in [0.717, 1.165) is 34.2 Å². The second-order valence-electron chi connectivity index (χ2n) is 8.36. The van der Waals surface area contributed by atoms with Gasteiger partial charge in [-0.1, -0.05) is 49.2 Å². The molecule has 1 aliphatic rings. The van der Waals surface area contributed by atoms with Crippen LogP contribution in [-0.2, 0) is 0 Å². The van der Waals surface area contributed by atoms with Gasteiger partial charge in [-0.25, -0.2) is 18.9 Å². The van der Waals surface area contributed by atoms with Gasteiger partial charge in [-0.05, 0) is 72.2 Å². The summed E-state index contributed by atoms with van der Waals surface area (Å²) < 4.78 is 16.2. The Morgan fingerprint density at radius 2 is 1.62 bits per heavy atom. The van der Waals surface area contributed by atoms with Crippen LogP contribution in [0, 0.1) is 0 Å². The van der Waals surface area contributed by atoms with Gasteiger partial charge in [0, 0.05) is 42.4 Å². The third kappa shape index (κ3) is 5.17. The molecule has 4 rings (SSSR count). The van der Waals surface area contributed by atoms with Gasteiger partial charge in [-0.2, -0.15) is 0 Å². The van der Waals surface area contributed by atoms with Crippen molar-refractivity contribution < 1.29 is 9.53 Å². The largest absolute Gasteiger partial charge is 0.425 e. The highest BCUT2D eigenvalue weighted by atomic mass is 79.9. The van der Waals surface area contributed by atoms with Crippen LogP contribution in [0.25, 0.3) is 0 Å². The van der Waals surface area contributed by atoms with Gasteiger partial charge in [0.15, 0.2) is 7.36 Å². The van der Waals surface area contributed by atoms with E-state index in [4.69, 9.17) is 32.7 Å². The van der Waals surface area contributed by atoms with Crippen molar-refractivity contribution in [1.29, 1.82) is 0 Å². The van der Waals surface area contributed by atoms with Crippen molar-refractivity contribution in [3.05, 3.63) is 75.2 Å². The molecule has 0 unspecified atom stereocenters. The number of nitrogens with zero attached hydrogens (tertiary/aromatic N) is 4. The maximum Gasteiger partial charge on any atom is 0.425 e. The fourth-order valence-electron chi connectivity index (χ4n) is 4.60. The number of hydrogen-bond acceptors (Lipinski definition) is 4. The molecule has 1 amide bonds. The second-order valence-corrected chi connectivity index (χ2v) is 12.8. The minimum absolute atomic E-state index is 0.355. The summed E-state index contributed by atoms with van der Waals surface area (Å²) in [6.07, 6.45) is -0.501. The zero-order valence-electron chi connectivity index (χ0n) is 21.3. The molecule has 10 heteroatoms. The maximum atomic E-state index is 13.9. The summed E-state index contributed by atoms with van der Waals surface area (Å²) in [5.74, 6) is 0.529. The smallest absolute Gasteiger partial charge is 0.409 e. The lowest BCUT2D eigenvalue weighted by Gasteiger charge is -2.46. The zero-order valence-corrected chi connectivity index (χ0v) is 25.3. The molecule has 0 aromatic heterocycles. The normalized spacial score (nSPS) is 17.0. The molecule has 0 N–H and O–H groups in total. The lowest BCUT2D eigenvalue weighted by atomic mass is 10.2. The van der Waals surface area contributed by atoms with Gasteiger partial charge >= 0.3 is 6.09 Å². The molecule has 0 fully saturated rings. The minimum Gasteiger partial charge on any atom is -0.409 e. The number of halogens is 3. The average molecular weight is 624 g/mol. The molecule has 1 aliphatic heterocycles. The number of carbonyl (C=O) groups excluding carboxylic acids is 1. The van der Waals surface area contributed by atoms with Crippen molar-refractivity contribution >= 4 is 74.9 Å². The third-order valence-electron chi connectivity index (χ3n) is 6.42. The number of fused-ring (bicyclic) bond motifs is 1. The standard InChI is InChI=1S/C27H30BrCl2N4O2P/c1-5-32(6-2)19-14-16-26-25(18-19)36-27(35)34(20-13-15-22(29)23(30)17-20)37(26,33(7-3)8-4)31-24-12-10-9-11-21(24)28/h9-18H,5-8H2,1-4H3/t37-/m1/s1. The van der Waals surface area contributed by atoms with Gasteiger partial charge in [0.2, 0.25) is 0 Å². The molecule has 6 nitrogen and oxygen atoms in total. The minimum atomic E-state index is -2.96. The zero-order chi connectivity index (χ0) is 26.7. The Morgan fingerprint density at radius 1 is 0.919 bits per heavy atom. The Morgan fingerprint density at radius 3 is 2.24 bits per heavy atom. The number of benzene rings is 3. The molecule has 37 heavy (non-hydrogen) atoms. The van der Waals surface area contributed by atoms with E-state index < -0.39 is 13.4 Å². The lowest BCUT2D eigenvalue weighted by Crippen LogP contribution is -2.46. The van der Waals surface area contributed by atoms with Crippen LogP contribution in [0.1, 0.15) is 27.7 Å². The van der Waals surface area contributed by atoms with Gasteiger partial charge in [0.25, 0.3) is 0 Å². The summed E-state index contributed by atoms with van der Waals surface area (Å²) in [4.78, 5) is 16.2. The van der Waals surface area contributed by atoms with Crippen molar-refractivity contribution in [2.45, 2.75) is 27.7 Å². The third-order valence-corrected chi connectivity index (χ3v) is 11.6. The van der Waals surface area contributed by atoms with Crippen molar-refractivity contribution in [2.24, 2.45) is 4.74 Å². The molecule has 1 heterocycles. The predicted octanol–water partition coefficient (Wildman–Crippen LogP) is 8.95. The summed E-state index contributed by atoms with van der Waals surface area (Å²) in [5, 5.41) is 1.64. The molecule has 0 bridgehead atoms. The van der Waals surface area contributed by atoms with Crippen LogP contribution in [0.15, 0.2) is 69.9 Å². The molecule has 0 saturated heterocycles. The topological polar surface area (TPSA) is 48.4 Å². The van der Waals surface area contributed by atoms with E-state index in [-0.39, 0.29) is 0 Å². The molecule has 0 radical (unpaired) electrons. The quantitative estimate of drug-likeness (QED) is 0.235. The summed E-state index contributed by atoms with van der Waals surface area (Å²) in [7, 11) is -2.96. The number of amides is 1. The Hall–Kier alpha value is -2.02. The number of ether oxygens (including phenoxy) is 1. The fourth-order valence-corrected chi connectivity index (χ4v) is 9.16. The van der Waals surface area contributed by atoms with E-state index in [0.29, 0.717) is 34.6 Å². The highest BCUT2D eigenvalue weighted by Gasteiger charge is 2.46. The van der Waals surface area contributed by atoms with Crippen LogP contribution in [0.4, 0.5) is 21.9 Å². The van der Waals surface area contributed by atoms with Gasteiger partial charge in [0.05, 0.1) is 26.7 Å². The van der Waals surface area contributed by atoms with E-state index in [2.05, 4.69) is 65.3 Å². The van der Waals surface area contributed by atoms with Gasteiger partial charge in [0.1, 0.15) is 5.75 Å². The Labute approximate surface area is 237 Å². The maximum absolute atomic E-state index is 13.9. The first kappa shape index (κ1) is 28.0. The molecule has 196 valence electrons.